The number of hydrazine groups is 2. The standard InChI is InChI=1S/C17H16Cl2N4O2/c18-11-7-5-10(6-8-11)15-13(9-20-21-15)17(25)23-22-16(24)12-3-1-2-4-14(12)19/h1-8,13,15,20-21H,9H2,(H,22,24)(H,23,25). The molecular weight excluding hydrogens is 363 g/mol. The summed E-state index contributed by atoms with van der Waals surface area (Å²) >= 11 is 11.9. The maximum Gasteiger partial charge on any atom is 0.271 e. The van der Waals surface area contributed by atoms with Crippen LogP contribution in [-0.2, 0) is 4.79 Å². The summed E-state index contributed by atoms with van der Waals surface area (Å²) < 4.78 is 0. The molecule has 4 N–H and O–H groups in total. The zero-order valence-electron chi connectivity index (χ0n) is 13.1. The van der Waals surface area contributed by atoms with E-state index in [-0.39, 0.29) is 11.9 Å². The molecule has 0 aliphatic carbocycles. The minimum Gasteiger partial charge on any atom is -0.273 e. The zero-order valence-corrected chi connectivity index (χ0v) is 14.6. The molecule has 2 amide bonds. The molecule has 2 aromatic rings. The van der Waals surface area contributed by atoms with Crippen LogP contribution in [0.2, 0.25) is 10.0 Å². The largest absolute Gasteiger partial charge is 0.273 e. The Hall–Kier alpha value is -2.12. The number of hydrogen-bond donors (Lipinski definition) is 4. The van der Waals surface area contributed by atoms with Gasteiger partial charge in [-0.3, -0.25) is 25.9 Å². The Balaban J connectivity index is 1.63. The van der Waals surface area contributed by atoms with Crippen molar-refractivity contribution in [3.05, 3.63) is 69.7 Å². The fraction of sp³-hybridized carbons (Fsp3) is 0.176. The highest BCUT2D eigenvalue weighted by molar-refractivity contribution is 6.33. The fourth-order valence-corrected chi connectivity index (χ4v) is 3.00. The van der Waals surface area contributed by atoms with Crippen molar-refractivity contribution in [2.45, 2.75) is 6.04 Å². The van der Waals surface area contributed by atoms with Crippen LogP contribution in [0.25, 0.3) is 0 Å². The predicted octanol–water partition coefficient (Wildman–Crippen LogP) is 2.22. The van der Waals surface area contributed by atoms with Crippen molar-refractivity contribution in [1.82, 2.24) is 21.7 Å². The van der Waals surface area contributed by atoms with Crippen LogP contribution in [-0.4, -0.2) is 18.4 Å². The van der Waals surface area contributed by atoms with Crippen molar-refractivity contribution in [2.75, 3.05) is 6.54 Å². The molecule has 0 radical (unpaired) electrons. The first-order chi connectivity index (χ1) is 12.1. The summed E-state index contributed by atoms with van der Waals surface area (Å²) in [6, 6.07) is 13.6. The number of rotatable bonds is 3. The fourth-order valence-electron chi connectivity index (χ4n) is 2.65. The van der Waals surface area contributed by atoms with Crippen molar-refractivity contribution >= 4 is 35.0 Å². The summed E-state index contributed by atoms with van der Waals surface area (Å²) in [5.41, 5.74) is 12.1. The maximum absolute atomic E-state index is 12.5. The van der Waals surface area contributed by atoms with Gasteiger partial charge in [0.2, 0.25) is 5.91 Å². The van der Waals surface area contributed by atoms with Crippen LogP contribution >= 0.6 is 23.2 Å². The number of carbonyl (C=O) groups excluding carboxylic acids is 2. The third-order valence-corrected chi connectivity index (χ3v) is 4.55. The van der Waals surface area contributed by atoms with Gasteiger partial charge in [0.05, 0.1) is 22.5 Å². The molecule has 2 aromatic carbocycles. The monoisotopic (exact) mass is 378 g/mol. The highest BCUT2D eigenvalue weighted by atomic mass is 35.5. The van der Waals surface area contributed by atoms with Crippen LogP contribution in [0.15, 0.2) is 48.5 Å². The molecule has 1 fully saturated rings. The molecule has 25 heavy (non-hydrogen) atoms. The van der Waals surface area contributed by atoms with Gasteiger partial charge in [-0.05, 0) is 29.8 Å². The van der Waals surface area contributed by atoms with E-state index in [1.807, 2.05) is 12.1 Å². The second-order valence-corrected chi connectivity index (χ2v) is 6.43. The average Bonchev–Trinajstić information content (AvgIpc) is 3.10. The number of carbonyl (C=O) groups is 2. The second kappa shape index (κ2) is 7.84. The third kappa shape index (κ3) is 4.11. The molecule has 1 saturated heterocycles. The van der Waals surface area contributed by atoms with Crippen molar-refractivity contribution in [3.8, 4) is 0 Å². The molecule has 0 aromatic heterocycles. The van der Waals surface area contributed by atoms with Gasteiger partial charge in [0.1, 0.15) is 0 Å². The van der Waals surface area contributed by atoms with Gasteiger partial charge in [-0.15, -0.1) is 0 Å². The molecule has 8 heteroatoms. The Labute approximate surface area is 154 Å². The molecule has 6 nitrogen and oxygen atoms in total. The summed E-state index contributed by atoms with van der Waals surface area (Å²) in [4.78, 5) is 24.6. The molecule has 0 spiro atoms. The second-order valence-electron chi connectivity index (χ2n) is 5.58. The molecule has 2 atom stereocenters. The predicted molar refractivity (Wildman–Crippen MR) is 95.9 cm³/mol. The lowest BCUT2D eigenvalue weighted by Gasteiger charge is -2.19. The first kappa shape index (κ1) is 17.7. The van der Waals surface area contributed by atoms with Gasteiger partial charge < -0.3 is 0 Å². The summed E-state index contributed by atoms with van der Waals surface area (Å²) in [7, 11) is 0. The molecular formula is C17H16Cl2N4O2. The van der Waals surface area contributed by atoms with Crippen molar-refractivity contribution in [1.29, 1.82) is 0 Å². The van der Waals surface area contributed by atoms with Gasteiger partial charge in [-0.2, -0.15) is 0 Å². The van der Waals surface area contributed by atoms with E-state index in [4.69, 9.17) is 23.2 Å². The van der Waals surface area contributed by atoms with E-state index >= 15 is 0 Å². The minimum atomic E-state index is -0.471. The molecule has 0 saturated carbocycles. The maximum atomic E-state index is 12.5. The van der Waals surface area contributed by atoms with Gasteiger partial charge in [0, 0.05) is 11.6 Å². The smallest absolute Gasteiger partial charge is 0.271 e. The van der Waals surface area contributed by atoms with Gasteiger partial charge in [-0.25, -0.2) is 5.43 Å². The van der Waals surface area contributed by atoms with E-state index in [9.17, 15) is 9.59 Å². The zero-order chi connectivity index (χ0) is 17.8. The highest BCUT2D eigenvalue weighted by Crippen LogP contribution is 2.26. The van der Waals surface area contributed by atoms with Gasteiger partial charge in [0.25, 0.3) is 5.91 Å². The number of nitrogens with one attached hydrogen (secondary N) is 4. The van der Waals surface area contributed by atoms with E-state index in [1.54, 1.807) is 36.4 Å². The lowest BCUT2D eigenvalue weighted by atomic mass is 9.94. The lowest BCUT2D eigenvalue weighted by Crippen LogP contribution is -2.46. The molecule has 0 bridgehead atoms. The summed E-state index contributed by atoms with van der Waals surface area (Å²) in [6.07, 6.45) is 0. The van der Waals surface area contributed by atoms with Crippen LogP contribution in [0, 0.1) is 5.92 Å². The Morgan fingerprint density at radius 1 is 1.00 bits per heavy atom. The molecule has 1 aliphatic rings. The summed E-state index contributed by atoms with van der Waals surface area (Å²) in [5, 5.41) is 0.945. The SMILES string of the molecule is O=C(NNC(=O)C1CNNC1c1ccc(Cl)cc1)c1ccccc1Cl. The Bertz CT molecular complexity index is 782. The summed E-state index contributed by atoms with van der Waals surface area (Å²) in [5.74, 6) is -1.17. The third-order valence-electron chi connectivity index (χ3n) is 3.97. The van der Waals surface area contributed by atoms with Gasteiger partial charge in [0.15, 0.2) is 0 Å². The lowest BCUT2D eigenvalue weighted by molar-refractivity contribution is -0.125. The molecule has 2 unspecified atom stereocenters. The number of amides is 2. The minimum absolute atomic E-state index is 0.227. The Morgan fingerprint density at radius 2 is 1.72 bits per heavy atom. The van der Waals surface area contributed by atoms with E-state index in [1.165, 1.54) is 0 Å². The first-order valence-electron chi connectivity index (χ1n) is 7.65. The van der Waals surface area contributed by atoms with Crippen LogP contribution in [0.4, 0.5) is 0 Å². The van der Waals surface area contributed by atoms with Crippen LogP contribution in [0.5, 0.6) is 0 Å². The van der Waals surface area contributed by atoms with Crippen LogP contribution in [0.3, 0.4) is 0 Å². The Kier molecular flexibility index (Phi) is 5.55. The molecule has 1 aliphatic heterocycles. The molecule has 3 rings (SSSR count). The van der Waals surface area contributed by atoms with Crippen molar-refractivity contribution < 1.29 is 9.59 Å². The van der Waals surface area contributed by atoms with E-state index in [0.717, 1.165) is 5.56 Å². The number of hydrogen-bond acceptors (Lipinski definition) is 4. The van der Waals surface area contributed by atoms with E-state index < -0.39 is 11.8 Å². The highest BCUT2D eigenvalue weighted by Gasteiger charge is 2.34. The van der Waals surface area contributed by atoms with Crippen LogP contribution in [0.1, 0.15) is 22.0 Å². The molecule has 1 heterocycles. The number of halogens is 2. The van der Waals surface area contributed by atoms with E-state index in [0.29, 0.717) is 22.2 Å². The van der Waals surface area contributed by atoms with Crippen molar-refractivity contribution in [3.63, 3.8) is 0 Å². The van der Waals surface area contributed by atoms with Gasteiger partial charge >= 0.3 is 0 Å². The normalized spacial score (nSPS) is 19.4. The Morgan fingerprint density at radius 3 is 2.44 bits per heavy atom. The average molecular weight is 379 g/mol. The van der Waals surface area contributed by atoms with E-state index in [2.05, 4.69) is 21.7 Å². The summed E-state index contributed by atoms with van der Waals surface area (Å²) in [6.45, 7) is 0.432. The van der Waals surface area contributed by atoms with Gasteiger partial charge in [-0.1, -0.05) is 47.5 Å². The molecule has 130 valence electrons. The number of benzene rings is 2. The van der Waals surface area contributed by atoms with Crippen LogP contribution < -0.4 is 21.7 Å². The quantitative estimate of drug-likeness (QED) is 0.617. The topological polar surface area (TPSA) is 82.3 Å². The van der Waals surface area contributed by atoms with Crippen molar-refractivity contribution in [2.24, 2.45) is 5.92 Å². The first-order valence-corrected chi connectivity index (χ1v) is 8.40.